The van der Waals surface area contributed by atoms with Crippen LogP contribution in [0.3, 0.4) is 0 Å². The first kappa shape index (κ1) is 19.9. The van der Waals surface area contributed by atoms with Crippen molar-refractivity contribution in [2.75, 3.05) is 19.0 Å². The Hall–Kier alpha value is -3.37. The molecule has 0 aliphatic carbocycles. The molecule has 0 saturated carbocycles. The Labute approximate surface area is 159 Å². The molecule has 2 aromatic rings. The number of benzene rings is 2. The van der Waals surface area contributed by atoms with E-state index in [4.69, 9.17) is 26.3 Å². The largest absolute Gasteiger partial charge is 0.497 e. The fraction of sp³-hybridized carbons (Fsp3) is 0.105. The van der Waals surface area contributed by atoms with Gasteiger partial charge in [-0.2, -0.15) is 5.26 Å². The van der Waals surface area contributed by atoms with Gasteiger partial charge in [0.25, 0.3) is 5.91 Å². The highest BCUT2D eigenvalue weighted by molar-refractivity contribution is 6.31. The summed E-state index contributed by atoms with van der Waals surface area (Å²) in [6.45, 7) is -0.616. The van der Waals surface area contributed by atoms with Crippen LogP contribution in [0.15, 0.2) is 48.0 Å². The van der Waals surface area contributed by atoms with Crippen LogP contribution in [-0.4, -0.2) is 25.6 Å². The lowest BCUT2D eigenvalue weighted by atomic mass is 10.1. The van der Waals surface area contributed by atoms with Crippen LogP contribution in [0.25, 0.3) is 6.08 Å². The number of nitrogens with one attached hydrogen (secondary N) is 1. The molecular weight excluding hydrogens is 375 g/mol. The third-order valence-corrected chi connectivity index (χ3v) is 3.59. The first-order valence-corrected chi connectivity index (χ1v) is 7.98. The average Bonchev–Trinajstić information content (AvgIpc) is 2.67. The van der Waals surface area contributed by atoms with Gasteiger partial charge in [0.2, 0.25) is 0 Å². The number of nitrogens with zero attached hydrogens (tertiary/aromatic N) is 1. The Balaban J connectivity index is 1.95. The maximum absolute atomic E-state index is 13.1. The Morgan fingerprint density at radius 3 is 2.56 bits per heavy atom. The third kappa shape index (κ3) is 5.83. The predicted molar refractivity (Wildman–Crippen MR) is 97.6 cm³/mol. The number of carbonyl (C=O) groups excluding carboxylic acids is 2. The first-order valence-electron chi connectivity index (χ1n) is 7.61. The minimum absolute atomic E-state index is 0.154. The van der Waals surface area contributed by atoms with Gasteiger partial charge in [0, 0.05) is 5.69 Å². The number of anilines is 1. The third-order valence-electron chi connectivity index (χ3n) is 3.30. The second-order valence-corrected chi connectivity index (χ2v) is 5.60. The lowest BCUT2D eigenvalue weighted by Gasteiger charge is -2.07. The summed E-state index contributed by atoms with van der Waals surface area (Å²) < 4.78 is 22.9. The number of carbonyl (C=O) groups is 2. The van der Waals surface area contributed by atoms with Gasteiger partial charge < -0.3 is 14.8 Å². The minimum atomic E-state index is -0.944. The van der Waals surface area contributed by atoms with Gasteiger partial charge in [0.15, 0.2) is 6.61 Å². The summed E-state index contributed by atoms with van der Waals surface area (Å²) in [5.41, 5.74) is 0.573. The number of methoxy groups -OCH3 is 1. The van der Waals surface area contributed by atoms with E-state index >= 15 is 0 Å². The number of esters is 1. The van der Waals surface area contributed by atoms with Gasteiger partial charge in [-0.1, -0.05) is 23.7 Å². The van der Waals surface area contributed by atoms with E-state index < -0.39 is 24.3 Å². The molecule has 2 rings (SSSR count). The highest BCUT2D eigenvalue weighted by atomic mass is 35.5. The second-order valence-electron chi connectivity index (χ2n) is 5.20. The number of amides is 1. The lowest BCUT2D eigenvalue weighted by Crippen LogP contribution is -2.21. The van der Waals surface area contributed by atoms with E-state index in [2.05, 4.69) is 5.32 Å². The standard InChI is InChI=1S/C19H14ClFN2O4/c1-26-15-5-2-12(3-6-15)8-13(10-22)19(25)27-11-18(24)23-14-4-7-17(21)16(20)9-14/h2-9H,11H2,1H3,(H,23,24)/b13-8+. The zero-order valence-electron chi connectivity index (χ0n) is 14.2. The molecule has 0 aliphatic rings. The number of hydrogen-bond acceptors (Lipinski definition) is 5. The number of hydrogen-bond donors (Lipinski definition) is 1. The molecule has 0 spiro atoms. The van der Waals surface area contributed by atoms with Crippen molar-refractivity contribution in [1.29, 1.82) is 5.26 Å². The molecule has 138 valence electrons. The average molecular weight is 389 g/mol. The highest BCUT2D eigenvalue weighted by Crippen LogP contribution is 2.19. The van der Waals surface area contributed by atoms with Gasteiger partial charge in [-0.15, -0.1) is 0 Å². The molecule has 1 amide bonds. The van der Waals surface area contributed by atoms with Crippen molar-refractivity contribution in [1.82, 2.24) is 0 Å². The zero-order chi connectivity index (χ0) is 19.8. The lowest BCUT2D eigenvalue weighted by molar-refractivity contribution is -0.142. The smallest absolute Gasteiger partial charge is 0.349 e. The molecule has 1 N–H and O–H groups in total. The maximum atomic E-state index is 13.1. The summed E-state index contributed by atoms with van der Waals surface area (Å²) in [4.78, 5) is 23.8. The minimum Gasteiger partial charge on any atom is -0.497 e. The molecular formula is C19H14ClFN2O4. The van der Waals surface area contributed by atoms with Crippen LogP contribution in [0.2, 0.25) is 5.02 Å². The number of ether oxygens (including phenoxy) is 2. The van der Waals surface area contributed by atoms with Gasteiger partial charge in [-0.3, -0.25) is 4.79 Å². The van der Waals surface area contributed by atoms with Crippen molar-refractivity contribution >= 4 is 35.2 Å². The van der Waals surface area contributed by atoms with E-state index in [0.29, 0.717) is 11.3 Å². The summed E-state index contributed by atoms with van der Waals surface area (Å²) in [6.07, 6.45) is 1.33. The number of halogens is 2. The van der Waals surface area contributed by atoms with E-state index in [0.717, 1.165) is 6.07 Å². The van der Waals surface area contributed by atoms with Crippen molar-refractivity contribution in [2.45, 2.75) is 0 Å². The number of nitriles is 1. The molecule has 0 atom stereocenters. The van der Waals surface area contributed by atoms with E-state index in [9.17, 15) is 14.0 Å². The van der Waals surface area contributed by atoms with Crippen LogP contribution in [0.4, 0.5) is 10.1 Å². The monoisotopic (exact) mass is 388 g/mol. The SMILES string of the molecule is COc1ccc(/C=C(\C#N)C(=O)OCC(=O)Nc2ccc(F)c(Cl)c2)cc1. The molecule has 2 aromatic carbocycles. The fourth-order valence-electron chi connectivity index (χ4n) is 1.98. The molecule has 8 heteroatoms. The molecule has 0 bridgehead atoms. The van der Waals surface area contributed by atoms with E-state index in [-0.39, 0.29) is 16.3 Å². The Kier molecular flexibility index (Phi) is 6.92. The van der Waals surface area contributed by atoms with Crippen LogP contribution in [-0.2, 0) is 14.3 Å². The predicted octanol–water partition coefficient (Wildman–Crippen LogP) is 3.58. The zero-order valence-corrected chi connectivity index (χ0v) is 14.9. The van der Waals surface area contributed by atoms with Gasteiger partial charge in [0.1, 0.15) is 23.2 Å². The van der Waals surface area contributed by atoms with Gasteiger partial charge in [-0.05, 0) is 42.0 Å². The molecule has 0 fully saturated rings. The summed E-state index contributed by atoms with van der Waals surface area (Å²) >= 11 is 5.62. The highest BCUT2D eigenvalue weighted by Gasteiger charge is 2.14. The van der Waals surface area contributed by atoms with Crippen LogP contribution < -0.4 is 10.1 Å². The van der Waals surface area contributed by atoms with Gasteiger partial charge in [0.05, 0.1) is 12.1 Å². The summed E-state index contributed by atoms with van der Waals surface area (Å²) in [6, 6.07) is 12.0. The van der Waals surface area contributed by atoms with Gasteiger partial charge >= 0.3 is 5.97 Å². The molecule has 0 saturated heterocycles. The van der Waals surface area contributed by atoms with E-state index in [1.54, 1.807) is 30.3 Å². The molecule has 0 aliphatic heterocycles. The van der Waals surface area contributed by atoms with Crippen molar-refractivity contribution in [2.24, 2.45) is 0 Å². The van der Waals surface area contributed by atoms with Crippen molar-refractivity contribution in [3.63, 3.8) is 0 Å². The van der Waals surface area contributed by atoms with Crippen LogP contribution in [0, 0.1) is 17.1 Å². The molecule has 27 heavy (non-hydrogen) atoms. The normalized spacial score (nSPS) is 10.7. The second kappa shape index (κ2) is 9.36. The fourth-order valence-corrected chi connectivity index (χ4v) is 2.16. The van der Waals surface area contributed by atoms with Crippen LogP contribution in [0.5, 0.6) is 5.75 Å². The Morgan fingerprint density at radius 2 is 1.96 bits per heavy atom. The summed E-state index contributed by atoms with van der Waals surface area (Å²) in [5.74, 6) is -1.59. The summed E-state index contributed by atoms with van der Waals surface area (Å²) in [5, 5.41) is 11.4. The maximum Gasteiger partial charge on any atom is 0.349 e. The van der Waals surface area contributed by atoms with Crippen molar-refractivity contribution in [3.8, 4) is 11.8 Å². The summed E-state index contributed by atoms with van der Waals surface area (Å²) in [7, 11) is 1.52. The molecule has 6 nitrogen and oxygen atoms in total. The Morgan fingerprint density at radius 1 is 1.26 bits per heavy atom. The van der Waals surface area contributed by atoms with Crippen molar-refractivity contribution < 1.29 is 23.5 Å². The van der Waals surface area contributed by atoms with E-state index in [1.165, 1.54) is 25.3 Å². The number of rotatable bonds is 6. The van der Waals surface area contributed by atoms with Crippen LogP contribution in [0.1, 0.15) is 5.56 Å². The van der Waals surface area contributed by atoms with Crippen molar-refractivity contribution in [3.05, 3.63) is 64.4 Å². The topological polar surface area (TPSA) is 88.4 Å². The molecule has 0 aromatic heterocycles. The molecule has 0 radical (unpaired) electrons. The van der Waals surface area contributed by atoms with Crippen LogP contribution >= 0.6 is 11.6 Å². The Bertz CT molecular complexity index is 920. The molecule has 0 unspecified atom stereocenters. The molecule has 0 heterocycles. The quantitative estimate of drug-likeness (QED) is 0.464. The van der Waals surface area contributed by atoms with Gasteiger partial charge in [-0.25, -0.2) is 9.18 Å². The van der Waals surface area contributed by atoms with E-state index in [1.807, 2.05) is 0 Å². The first-order chi connectivity index (χ1) is 12.9.